The van der Waals surface area contributed by atoms with Crippen LogP contribution in [0.1, 0.15) is 29.3 Å². The van der Waals surface area contributed by atoms with Crippen molar-refractivity contribution in [2.75, 3.05) is 6.54 Å². The average molecular weight is 224 g/mol. The molecule has 1 amide bonds. The van der Waals surface area contributed by atoms with Crippen LogP contribution in [0.5, 0.6) is 0 Å². The van der Waals surface area contributed by atoms with Gasteiger partial charge in [-0.25, -0.2) is 4.39 Å². The van der Waals surface area contributed by atoms with Crippen molar-refractivity contribution in [1.29, 1.82) is 0 Å². The lowest BCUT2D eigenvalue weighted by atomic mass is 10.1. The van der Waals surface area contributed by atoms with Crippen LogP contribution in [0.4, 0.5) is 4.39 Å². The predicted molar refractivity (Wildman–Crippen MR) is 61.7 cm³/mol. The number of amides is 1. The maximum atomic E-state index is 13.6. The highest BCUT2D eigenvalue weighted by Crippen LogP contribution is 2.11. The highest BCUT2D eigenvalue weighted by atomic mass is 19.1. The first-order valence-electron chi connectivity index (χ1n) is 5.31. The van der Waals surface area contributed by atoms with Gasteiger partial charge in [-0.05, 0) is 31.9 Å². The van der Waals surface area contributed by atoms with Crippen LogP contribution in [0.25, 0.3) is 0 Å². The number of nitrogens with one attached hydrogen (secondary N) is 1. The summed E-state index contributed by atoms with van der Waals surface area (Å²) in [6, 6.07) is 4.80. The molecule has 0 aliphatic heterocycles. The van der Waals surface area contributed by atoms with Crippen molar-refractivity contribution in [3.8, 4) is 0 Å². The van der Waals surface area contributed by atoms with Gasteiger partial charge in [0.15, 0.2) is 0 Å². The molecule has 0 radical (unpaired) electrons. The lowest BCUT2D eigenvalue weighted by Crippen LogP contribution is -2.29. The number of hydrogen-bond acceptors (Lipinski definition) is 2. The van der Waals surface area contributed by atoms with Crippen molar-refractivity contribution in [3.05, 3.63) is 35.1 Å². The van der Waals surface area contributed by atoms with Gasteiger partial charge < -0.3 is 11.1 Å². The first-order valence-corrected chi connectivity index (χ1v) is 5.31. The van der Waals surface area contributed by atoms with E-state index >= 15 is 0 Å². The van der Waals surface area contributed by atoms with Crippen molar-refractivity contribution in [2.24, 2.45) is 5.73 Å². The Bertz CT molecular complexity index is 377. The quantitative estimate of drug-likeness (QED) is 0.816. The molecule has 1 unspecified atom stereocenters. The molecule has 0 spiro atoms. The second kappa shape index (κ2) is 5.61. The van der Waals surface area contributed by atoms with Gasteiger partial charge in [-0.15, -0.1) is 0 Å². The fraction of sp³-hybridized carbons (Fsp3) is 0.417. The molecule has 0 saturated heterocycles. The molecule has 1 atom stereocenters. The summed E-state index contributed by atoms with van der Waals surface area (Å²) in [5.74, 6) is -0.845. The molecule has 3 N–H and O–H groups in total. The number of carbonyl (C=O) groups is 1. The molecule has 0 bridgehead atoms. The van der Waals surface area contributed by atoms with E-state index in [9.17, 15) is 9.18 Å². The Morgan fingerprint density at radius 3 is 2.88 bits per heavy atom. The molecule has 88 valence electrons. The van der Waals surface area contributed by atoms with Gasteiger partial charge in [0.05, 0.1) is 5.56 Å². The fourth-order valence-electron chi connectivity index (χ4n) is 1.33. The summed E-state index contributed by atoms with van der Waals surface area (Å²) < 4.78 is 13.6. The van der Waals surface area contributed by atoms with Gasteiger partial charge in [-0.3, -0.25) is 4.79 Å². The SMILES string of the molecule is Cc1cccc(C(=O)NCCC(C)N)c1F. The Labute approximate surface area is 94.8 Å². The van der Waals surface area contributed by atoms with E-state index < -0.39 is 5.82 Å². The zero-order chi connectivity index (χ0) is 12.1. The zero-order valence-electron chi connectivity index (χ0n) is 9.59. The monoisotopic (exact) mass is 224 g/mol. The lowest BCUT2D eigenvalue weighted by molar-refractivity contribution is 0.0948. The third-order valence-electron chi connectivity index (χ3n) is 2.32. The highest BCUT2D eigenvalue weighted by Gasteiger charge is 2.12. The van der Waals surface area contributed by atoms with Crippen molar-refractivity contribution >= 4 is 5.91 Å². The van der Waals surface area contributed by atoms with Crippen LogP contribution in [0, 0.1) is 12.7 Å². The Balaban J connectivity index is 2.63. The summed E-state index contributed by atoms with van der Waals surface area (Å²) in [7, 11) is 0. The molecule has 0 saturated carbocycles. The molecule has 4 heteroatoms. The van der Waals surface area contributed by atoms with Gasteiger partial charge in [0, 0.05) is 12.6 Å². The van der Waals surface area contributed by atoms with E-state index in [-0.39, 0.29) is 17.5 Å². The van der Waals surface area contributed by atoms with Crippen LogP contribution in [-0.4, -0.2) is 18.5 Å². The van der Waals surface area contributed by atoms with Crippen LogP contribution in [0.2, 0.25) is 0 Å². The van der Waals surface area contributed by atoms with Gasteiger partial charge in [0.25, 0.3) is 5.91 Å². The third kappa shape index (κ3) is 3.31. The van der Waals surface area contributed by atoms with Gasteiger partial charge in [0.2, 0.25) is 0 Å². The summed E-state index contributed by atoms with van der Waals surface area (Å²) in [6.45, 7) is 3.96. The van der Waals surface area contributed by atoms with Crippen molar-refractivity contribution in [3.63, 3.8) is 0 Å². The first-order chi connectivity index (χ1) is 7.52. The zero-order valence-corrected chi connectivity index (χ0v) is 9.59. The van der Waals surface area contributed by atoms with E-state index in [0.29, 0.717) is 18.5 Å². The molecular weight excluding hydrogens is 207 g/mol. The molecule has 1 aromatic rings. The van der Waals surface area contributed by atoms with Crippen LogP contribution >= 0.6 is 0 Å². The minimum atomic E-state index is -0.458. The average Bonchev–Trinajstić information content (AvgIpc) is 2.21. The molecule has 0 heterocycles. The Morgan fingerprint density at radius 1 is 1.56 bits per heavy atom. The molecule has 0 fully saturated rings. The standard InChI is InChI=1S/C12H17FN2O/c1-8-4-3-5-10(11(8)13)12(16)15-7-6-9(2)14/h3-5,9H,6-7,14H2,1-2H3,(H,15,16). The minimum absolute atomic E-state index is 0.0302. The summed E-state index contributed by atoms with van der Waals surface area (Å²) in [6.07, 6.45) is 0.680. The molecule has 3 nitrogen and oxygen atoms in total. The van der Waals surface area contributed by atoms with Crippen LogP contribution in [-0.2, 0) is 0 Å². The Kier molecular flexibility index (Phi) is 4.43. The van der Waals surface area contributed by atoms with Crippen molar-refractivity contribution in [1.82, 2.24) is 5.32 Å². The Hall–Kier alpha value is -1.42. The third-order valence-corrected chi connectivity index (χ3v) is 2.32. The van der Waals surface area contributed by atoms with E-state index in [4.69, 9.17) is 5.73 Å². The van der Waals surface area contributed by atoms with E-state index in [1.807, 2.05) is 6.92 Å². The minimum Gasteiger partial charge on any atom is -0.352 e. The topological polar surface area (TPSA) is 55.1 Å². The lowest BCUT2D eigenvalue weighted by Gasteiger charge is -2.08. The Morgan fingerprint density at radius 2 is 2.25 bits per heavy atom. The normalized spacial score (nSPS) is 12.2. The molecule has 1 rings (SSSR count). The van der Waals surface area contributed by atoms with Crippen LogP contribution in [0.15, 0.2) is 18.2 Å². The van der Waals surface area contributed by atoms with Gasteiger partial charge in [0.1, 0.15) is 5.82 Å². The van der Waals surface area contributed by atoms with Crippen LogP contribution < -0.4 is 11.1 Å². The van der Waals surface area contributed by atoms with E-state index in [0.717, 1.165) is 0 Å². The van der Waals surface area contributed by atoms with Gasteiger partial charge >= 0.3 is 0 Å². The molecule has 1 aromatic carbocycles. The first kappa shape index (κ1) is 12.6. The summed E-state index contributed by atoms with van der Waals surface area (Å²) in [5, 5.41) is 2.64. The molecular formula is C12H17FN2O. The second-order valence-corrected chi connectivity index (χ2v) is 3.96. The van der Waals surface area contributed by atoms with Gasteiger partial charge in [-0.2, -0.15) is 0 Å². The predicted octanol–water partition coefficient (Wildman–Crippen LogP) is 1.60. The summed E-state index contributed by atoms with van der Waals surface area (Å²) in [4.78, 5) is 11.6. The molecule has 0 aromatic heterocycles. The molecule has 0 aliphatic rings. The number of rotatable bonds is 4. The summed E-state index contributed by atoms with van der Waals surface area (Å²) >= 11 is 0. The number of halogens is 1. The molecule has 16 heavy (non-hydrogen) atoms. The number of aryl methyl sites for hydroxylation is 1. The van der Waals surface area contributed by atoms with E-state index in [1.165, 1.54) is 6.07 Å². The second-order valence-electron chi connectivity index (χ2n) is 3.96. The number of nitrogens with two attached hydrogens (primary N) is 1. The fourth-order valence-corrected chi connectivity index (χ4v) is 1.33. The molecule has 0 aliphatic carbocycles. The number of benzene rings is 1. The smallest absolute Gasteiger partial charge is 0.254 e. The largest absolute Gasteiger partial charge is 0.352 e. The van der Waals surface area contributed by atoms with E-state index in [2.05, 4.69) is 5.32 Å². The number of hydrogen-bond donors (Lipinski definition) is 2. The number of carbonyl (C=O) groups excluding carboxylic acids is 1. The van der Waals surface area contributed by atoms with E-state index in [1.54, 1.807) is 19.1 Å². The highest BCUT2D eigenvalue weighted by molar-refractivity contribution is 5.94. The van der Waals surface area contributed by atoms with Crippen molar-refractivity contribution < 1.29 is 9.18 Å². The maximum absolute atomic E-state index is 13.6. The van der Waals surface area contributed by atoms with Crippen molar-refractivity contribution in [2.45, 2.75) is 26.3 Å². The summed E-state index contributed by atoms with van der Waals surface area (Å²) in [5.41, 5.74) is 6.11. The van der Waals surface area contributed by atoms with Gasteiger partial charge in [-0.1, -0.05) is 12.1 Å². The maximum Gasteiger partial charge on any atom is 0.254 e. The van der Waals surface area contributed by atoms with Crippen LogP contribution in [0.3, 0.4) is 0 Å².